The highest BCUT2D eigenvalue weighted by atomic mass is 15.3. The highest BCUT2D eigenvalue weighted by Gasteiger charge is 2.35. The van der Waals surface area contributed by atoms with Crippen LogP contribution < -0.4 is 0 Å². The Bertz CT molecular complexity index is 227. The van der Waals surface area contributed by atoms with Gasteiger partial charge in [-0.3, -0.25) is 9.80 Å². The minimum atomic E-state index is 0.316. The molecule has 0 aromatic carbocycles. The Morgan fingerprint density at radius 1 is 1.06 bits per heavy atom. The maximum absolute atomic E-state index is 2.68. The first kappa shape index (κ1) is 14.0. The lowest BCUT2D eigenvalue weighted by Crippen LogP contribution is -2.62. The minimum absolute atomic E-state index is 0.316. The van der Waals surface area contributed by atoms with E-state index in [4.69, 9.17) is 0 Å². The first-order valence-corrected chi connectivity index (χ1v) is 6.70. The van der Waals surface area contributed by atoms with Crippen LogP contribution in [0.4, 0.5) is 0 Å². The van der Waals surface area contributed by atoms with E-state index in [1.165, 1.54) is 26.1 Å². The van der Waals surface area contributed by atoms with Crippen LogP contribution in [0.5, 0.6) is 0 Å². The molecule has 0 aliphatic carbocycles. The Morgan fingerprint density at radius 3 is 2.00 bits per heavy atom. The van der Waals surface area contributed by atoms with Crippen LogP contribution in [-0.2, 0) is 0 Å². The molecule has 1 unspecified atom stereocenters. The molecule has 2 heteroatoms. The molecule has 1 aliphatic heterocycles. The predicted octanol–water partition coefficient (Wildman–Crippen LogP) is 2.98. The third kappa shape index (κ3) is 2.98. The van der Waals surface area contributed by atoms with Gasteiger partial charge in [-0.2, -0.15) is 0 Å². The van der Waals surface area contributed by atoms with Crippen molar-refractivity contribution >= 4 is 0 Å². The normalized spacial score (nSPS) is 26.1. The first-order valence-electron chi connectivity index (χ1n) is 6.70. The molecule has 0 N–H and O–H groups in total. The highest BCUT2D eigenvalue weighted by molar-refractivity contribution is 4.92. The fourth-order valence-electron chi connectivity index (χ4n) is 2.67. The highest BCUT2D eigenvalue weighted by Crippen LogP contribution is 2.26. The fraction of sp³-hybridized carbons (Fsp3) is 1.00. The van der Waals surface area contributed by atoms with Crippen LogP contribution >= 0.6 is 0 Å². The van der Waals surface area contributed by atoms with Gasteiger partial charge in [-0.05, 0) is 48.0 Å². The molecule has 1 atom stereocenters. The molecular formula is C14H30N2. The lowest BCUT2D eigenvalue weighted by Gasteiger charge is -2.51. The van der Waals surface area contributed by atoms with Crippen LogP contribution in [-0.4, -0.2) is 46.6 Å². The molecule has 0 saturated carbocycles. The van der Waals surface area contributed by atoms with Crippen LogP contribution in [0, 0.1) is 0 Å². The molecule has 0 amide bonds. The third-order valence-electron chi connectivity index (χ3n) is 4.22. The van der Waals surface area contributed by atoms with Gasteiger partial charge in [0.25, 0.3) is 0 Å². The molecule has 1 heterocycles. The number of piperazine rings is 1. The zero-order valence-electron chi connectivity index (χ0n) is 12.3. The smallest absolute Gasteiger partial charge is 0.0200 e. The van der Waals surface area contributed by atoms with Crippen LogP contribution in [0.15, 0.2) is 0 Å². The Morgan fingerprint density at radius 2 is 1.62 bits per heavy atom. The molecule has 0 aromatic rings. The molecule has 1 aliphatic rings. The molecule has 0 spiro atoms. The molecule has 96 valence electrons. The second kappa shape index (κ2) is 4.66. The van der Waals surface area contributed by atoms with Crippen molar-refractivity contribution in [2.75, 3.05) is 19.6 Å². The number of hydrogen-bond donors (Lipinski definition) is 0. The summed E-state index contributed by atoms with van der Waals surface area (Å²) in [7, 11) is 0. The van der Waals surface area contributed by atoms with Crippen LogP contribution in [0.25, 0.3) is 0 Å². The Kier molecular flexibility index (Phi) is 4.07. The van der Waals surface area contributed by atoms with Gasteiger partial charge in [-0.1, -0.05) is 6.92 Å². The van der Waals surface area contributed by atoms with Crippen molar-refractivity contribution in [2.45, 2.75) is 72.0 Å². The topological polar surface area (TPSA) is 6.48 Å². The molecule has 1 rings (SSSR count). The molecule has 2 nitrogen and oxygen atoms in total. The third-order valence-corrected chi connectivity index (χ3v) is 4.22. The molecule has 0 bridgehead atoms. The maximum atomic E-state index is 2.68. The fourth-order valence-corrected chi connectivity index (χ4v) is 2.67. The van der Waals surface area contributed by atoms with Gasteiger partial charge < -0.3 is 0 Å². The van der Waals surface area contributed by atoms with Gasteiger partial charge in [-0.25, -0.2) is 0 Å². The van der Waals surface area contributed by atoms with Crippen LogP contribution in [0.2, 0.25) is 0 Å². The van der Waals surface area contributed by atoms with Gasteiger partial charge >= 0.3 is 0 Å². The predicted molar refractivity (Wildman–Crippen MR) is 71.9 cm³/mol. The van der Waals surface area contributed by atoms with Crippen molar-refractivity contribution in [1.29, 1.82) is 0 Å². The Balaban J connectivity index is 2.66. The molecule has 0 aromatic heterocycles. The largest absolute Gasteiger partial charge is 0.296 e. The maximum Gasteiger partial charge on any atom is 0.0200 e. The summed E-state index contributed by atoms with van der Waals surface area (Å²) in [5.41, 5.74) is 0.667. The van der Waals surface area contributed by atoms with E-state index in [9.17, 15) is 0 Å². The van der Waals surface area contributed by atoms with Crippen molar-refractivity contribution in [1.82, 2.24) is 9.80 Å². The van der Waals surface area contributed by atoms with Crippen molar-refractivity contribution in [2.24, 2.45) is 0 Å². The van der Waals surface area contributed by atoms with E-state index in [2.05, 4.69) is 58.3 Å². The molecule has 16 heavy (non-hydrogen) atoms. The second-order valence-electron chi connectivity index (χ2n) is 6.83. The zero-order valence-corrected chi connectivity index (χ0v) is 12.3. The van der Waals surface area contributed by atoms with Crippen molar-refractivity contribution in [3.05, 3.63) is 0 Å². The SMILES string of the molecule is CCC(C)(C)N1CCN(C(C)(C)C)CC1C. The van der Waals surface area contributed by atoms with Crippen LogP contribution in [0.1, 0.15) is 54.9 Å². The number of nitrogens with zero attached hydrogens (tertiary/aromatic N) is 2. The van der Waals surface area contributed by atoms with Gasteiger partial charge in [0.15, 0.2) is 0 Å². The monoisotopic (exact) mass is 226 g/mol. The van der Waals surface area contributed by atoms with Gasteiger partial charge in [0, 0.05) is 36.8 Å². The van der Waals surface area contributed by atoms with E-state index in [0.29, 0.717) is 17.1 Å². The van der Waals surface area contributed by atoms with Gasteiger partial charge in [0.2, 0.25) is 0 Å². The minimum Gasteiger partial charge on any atom is -0.296 e. The molecular weight excluding hydrogens is 196 g/mol. The Hall–Kier alpha value is -0.0800. The van der Waals surface area contributed by atoms with E-state index < -0.39 is 0 Å². The van der Waals surface area contributed by atoms with E-state index in [-0.39, 0.29) is 0 Å². The standard InChI is InChI=1S/C14H30N2/c1-8-14(6,7)16-10-9-15(11-12(16)2)13(3,4)5/h12H,8-11H2,1-7H3. The number of rotatable bonds is 2. The van der Waals surface area contributed by atoms with Gasteiger partial charge in [0.1, 0.15) is 0 Å². The number of hydrogen-bond acceptors (Lipinski definition) is 2. The summed E-state index contributed by atoms with van der Waals surface area (Å²) >= 11 is 0. The van der Waals surface area contributed by atoms with Crippen molar-refractivity contribution in [3.8, 4) is 0 Å². The summed E-state index contributed by atoms with van der Waals surface area (Å²) in [6.45, 7) is 20.0. The van der Waals surface area contributed by atoms with Crippen molar-refractivity contribution < 1.29 is 0 Å². The van der Waals surface area contributed by atoms with Gasteiger partial charge in [0.05, 0.1) is 0 Å². The quantitative estimate of drug-likeness (QED) is 0.714. The first-order chi connectivity index (χ1) is 7.18. The lowest BCUT2D eigenvalue weighted by atomic mass is 9.94. The summed E-state index contributed by atoms with van der Waals surface area (Å²) < 4.78 is 0. The Labute approximate surface area is 102 Å². The summed E-state index contributed by atoms with van der Waals surface area (Å²) in [5.74, 6) is 0. The van der Waals surface area contributed by atoms with E-state index in [1.54, 1.807) is 0 Å². The zero-order chi connectivity index (χ0) is 12.6. The summed E-state index contributed by atoms with van der Waals surface area (Å²) in [5, 5.41) is 0. The van der Waals surface area contributed by atoms with Crippen molar-refractivity contribution in [3.63, 3.8) is 0 Å². The molecule has 0 radical (unpaired) electrons. The van der Waals surface area contributed by atoms with Gasteiger partial charge in [-0.15, -0.1) is 0 Å². The molecule has 1 fully saturated rings. The lowest BCUT2D eigenvalue weighted by molar-refractivity contribution is -0.0227. The van der Waals surface area contributed by atoms with Crippen LogP contribution in [0.3, 0.4) is 0 Å². The average Bonchev–Trinajstić information content (AvgIpc) is 2.16. The van der Waals surface area contributed by atoms with E-state index in [1.807, 2.05) is 0 Å². The van der Waals surface area contributed by atoms with E-state index >= 15 is 0 Å². The average molecular weight is 226 g/mol. The summed E-state index contributed by atoms with van der Waals surface area (Å²) in [6, 6.07) is 0.669. The second-order valence-corrected chi connectivity index (χ2v) is 6.83. The molecule has 1 saturated heterocycles. The summed E-state index contributed by atoms with van der Waals surface area (Å²) in [4.78, 5) is 5.29. The van der Waals surface area contributed by atoms with E-state index in [0.717, 1.165) is 0 Å². The summed E-state index contributed by atoms with van der Waals surface area (Å²) in [6.07, 6.45) is 1.23.